The van der Waals surface area contributed by atoms with Crippen molar-refractivity contribution in [1.82, 2.24) is 10.2 Å². The van der Waals surface area contributed by atoms with Crippen LogP contribution < -0.4 is 11.1 Å². The van der Waals surface area contributed by atoms with Crippen LogP contribution in [0.4, 0.5) is 4.79 Å². The number of nitrogens with zero attached hydrogens (tertiary/aromatic N) is 3. The number of nitrogens with one attached hydrogen (secondary N) is 1. The molecule has 9 heteroatoms. The molecule has 4 N–H and O–H groups in total. The standard InChI is InChI=1S/C27H37N3O4.N2/c1-26(2,3)30-16-10-15-27(30,24(28)32)18-23(31)22(17-20-11-6-4-7-12-20)29-25(33)34-19-21-13-8-5-9-14-21;1-2/h4-9,11-14,22-23,31H,10,15-19H2,1-3H3,(H2,28,32)(H,29,33);/t22-,23+,27+;/m0./s1. The Balaban J connectivity index is 0.00000222. The molecule has 0 radical (unpaired) electrons. The van der Waals surface area contributed by atoms with Crippen molar-refractivity contribution in [3.63, 3.8) is 0 Å². The highest BCUT2D eigenvalue weighted by Gasteiger charge is 2.51. The molecule has 0 aromatic heterocycles. The van der Waals surface area contributed by atoms with E-state index in [2.05, 4.69) is 10.2 Å². The maximum Gasteiger partial charge on any atom is 0.407 e. The fourth-order valence-electron chi connectivity index (χ4n) is 4.98. The Labute approximate surface area is 213 Å². The van der Waals surface area contributed by atoms with Gasteiger partial charge in [0.15, 0.2) is 0 Å². The molecule has 1 saturated heterocycles. The van der Waals surface area contributed by atoms with Crippen molar-refractivity contribution in [2.75, 3.05) is 6.54 Å². The summed E-state index contributed by atoms with van der Waals surface area (Å²) in [6.45, 7) is 6.99. The van der Waals surface area contributed by atoms with E-state index < -0.39 is 29.7 Å². The van der Waals surface area contributed by atoms with E-state index in [1.54, 1.807) is 0 Å². The molecule has 1 aliphatic heterocycles. The van der Waals surface area contributed by atoms with Gasteiger partial charge >= 0.3 is 6.09 Å². The third-order valence-electron chi connectivity index (χ3n) is 6.58. The van der Waals surface area contributed by atoms with Gasteiger partial charge in [-0.25, -0.2) is 4.79 Å². The summed E-state index contributed by atoms with van der Waals surface area (Å²) in [7, 11) is 0. The topological polar surface area (TPSA) is 152 Å². The fourth-order valence-corrected chi connectivity index (χ4v) is 4.98. The first-order valence-electron chi connectivity index (χ1n) is 12.1. The summed E-state index contributed by atoms with van der Waals surface area (Å²) in [5.41, 5.74) is 6.50. The number of nitrogens with two attached hydrogens (primary N) is 1. The molecule has 36 heavy (non-hydrogen) atoms. The molecular weight excluding hydrogens is 458 g/mol. The molecule has 0 saturated carbocycles. The van der Waals surface area contributed by atoms with Gasteiger partial charge in [0.05, 0.1) is 12.1 Å². The summed E-state index contributed by atoms with van der Waals surface area (Å²) in [6.07, 6.45) is 0.315. The second kappa shape index (κ2) is 13.0. The average molecular weight is 496 g/mol. The Morgan fingerprint density at radius 3 is 2.17 bits per heavy atom. The summed E-state index contributed by atoms with van der Waals surface area (Å²) < 4.78 is 5.40. The lowest BCUT2D eigenvalue weighted by Crippen LogP contribution is -2.62. The van der Waals surface area contributed by atoms with Crippen molar-refractivity contribution in [3.8, 4) is 0 Å². The minimum Gasteiger partial charge on any atom is -0.445 e. The number of aliphatic hydroxyl groups excluding tert-OH is 1. The maximum atomic E-state index is 12.7. The lowest BCUT2D eigenvalue weighted by molar-refractivity contribution is -0.134. The quantitative estimate of drug-likeness (QED) is 0.451. The number of carbonyl (C=O) groups is 2. The molecule has 0 unspecified atom stereocenters. The van der Waals surface area contributed by atoms with Crippen LogP contribution in [0.1, 0.15) is 51.2 Å². The molecule has 9 nitrogen and oxygen atoms in total. The highest BCUT2D eigenvalue weighted by molar-refractivity contribution is 5.85. The number of aliphatic hydroxyl groups is 1. The summed E-state index contributed by atoms with van der Waals surface area (Å²) >= 11 is 0. The highest BCUT2D eigenvalue weighted by Crippen LogP contribution is 2.39. The van der Waals surface area contributed by atoms with Crippen LogP contribution in [0, 0.1) is 10.8 Å². The molecule has 1 aliphatic rings. The first-order chi connectivity index (χ1) is 17.1. The van der Waals surface area contributed by atoms with Crippen LogP contribution in [0.15, 0.2) is 60.7 Å². The predicted octanol–water partition coefficient (Wildman–Crippen LogP) is 3.42. The summed E-state index contributed by atoms with van der Waals surface area (Å²) in [6, 6.07) is 18.4. The first kappa shape index (κ1) is 28.8. The number of hydrogen-bond acceptors (Lipinski definition) is 7. The van der Waals surface area contributed by atoms with Gasteiger partial charge in [0, 0.05) is 22.7 Å². The Hall–Kier alpha value is -3.48. The Kier molecular flexibility index (Phi) is 10.4. The molecular formula is C27H37N5O4. The number of hydrogen-bond donors (Lipinski definition) is 3. The van der Waals surface area contributed by atoms with Crippen LogP contribution in [-0.4, -0.2) is 51.8 Å². The van der Waals surface area contributed by atoms with E-state index in [4.69, 9.17) is 21.3 Å². The molecule has 2 aromatic carbocycles. The molecule has 3 atom stereocenters. The van der Waals surface area contributed by atoms with Crippen LogP contribution in [0.2, 0.25) is 0 Å². The van der Waals surface area contributed by atoms with Crippen molar-refractivity contribution in [1.29, 1.82) is 10.8 Å². The molecule has 0 aliphatic carbocycles. The molecule has 1 heterocycles. The van der Waals surface area contributed by atoms with E-state index in [0.717, 1.165) is 24.1 Å². The van der Waals surface area contributed by atoms with Crippen LogP contribution >= 0.6 is 0 Å². The number of alkyl carbamates (subject to hydrolysis) is 1. The van der Waals surface area contributed by atoms with Crippen molar-refractivity contribution >= 4 is 12.0 Å². The molecule has 0 bridgehead atoms. The Morgan fingerprint density at radius 2 is 1.64 bits per heavy atom. The predicted molar refractivity (Wildman–Crippen MR) is 135 cm³/mol. The second-order valence-electron chi connectivity index (χ2n) is 10.1. The molecule has 194 valence electrons. The third kappa shape index (κ3) is 7.51. The number of ether oxygens (including phenoxy) is 1. The normalized spacial score (nSPS) is 19.4. The van der Waals surface area contributed by atoms with Gasteiger partial charge in [-0.2, -0.15) is 0 Å². The summed E-state index contributed by atoms with van der Waals surface area (Å²) in [5, 5.41) is 26.2. The smallest absolute Gasteiger partial charge is 0.407 e. The SMILES string of the molecule is CC(C)(C)N1CCC[C@@]1(C[C@@H](O)[C@H](Cc1ccccc1)NC(=O)OCc1ccccc1)C(N)=O.N#N. The Morgan fingerprint density at radius 1 is 1.08 bits per heavy atom. The fraction of sp³-hybridized carbons (Fsp3) is 0.481. The van der Waals surface area contributed by atoms with Crippen molar-refractivity contribution in [2.24, 2.45) is 5.73 Å². The lowest BCUT2D eigenvalue weighted by Gasteiger charge is -2.45. The minimum atomic E-state index is -1.00. The molecule has 1 fully saturated rings. The number of likely N-dealkylation sites (tertiary alicyclic amines) is 1. The van der Waals surface area contributed by atoms with E-state index in [0.29, 0.717) is 12.8 Å². The number of amides is 2. The molecule has 2 amide bonds. The number of carbonyl (C=O) groups excluding carboxylic acids is 2. The van der Waals surface area contributed by atoms with Crippen LogP contribution in [0.3, 0.4) is 0 Å². The first-order valence-corrected chi connectivity index (χ1v) is 12.1. The van der Waals surface area contributed by atoms with E-state index in [1.807, 2.05) is 81.4 Å². The maximum absolute atomic E-state index is 12.7. The van der Waals surface area contributed by atoms with Crippen LogP contribution in [0.5, 0.6) is 0 Å². The van der Waals surface area contributed by atoms with Crippen LogP contribution in [0.25, 0.3) is 0 Å². The van der Waals surface area contributed by atoms with E-state index >= 15 is 0 Å². The zero-order chi connectivity index (χ0) is 26.8. The highest BCUT2D eigenvalue weighted by atomic mass is 16.5. The summed E-state index contributed by atoms with van der Waals surface area (Å²) in [4.78, 5) is 27.5. The van der Waals surface area contributed by atoms with Crippen LogP contribution in [-0.2, 0) is 22.6 Å². The largest absolute Gasteiger partial charge is 0.445 e. The van der Waals surface area contributed by atoms with E-state index in [9.17, 15) is 14.7 Å². The number of primary amides is 1. The molecule has 2 aromatic rings. The average Bonchev–Trinajstić information content (AvgIpc) is 3.30. The Bertz CT molecular complexity index is 993. The summed E-state index contributed by atoms with van der Waals surface area (Å²) in [5.74, 6) is -0.441. The van der Waals surface area contributed by atoms with Crippen molar-refractivity contribution in [3.05, 3.63) is 71.8 Å². The molecule has 3 rings (SSSR count). The lowest BCUT2D eigenvalue weighted by atomic mass is 9.83. The van der Waals surface area contributed by atoms with Gasteiger partial charge in [0.25, 0.3) is 0 Å². The monoisotopic (exact) mass is 495 g/mol. The van der Waals surface area contributed by atoms with Gasteiger partial charge in [0.1, 0.15) is 12.1 Å². The third-order valence-corrected chi connectivity index (χ3v) is 6.58. The van der Waals surface area contributed by atoms with Gasteiger partial charge in [0.2, 0.25) is 5.91 Å². The van der Waals surface area contributed by atoms with Gasteiger partial charge < -0.3 is 20.9 Å². The zero-order valence-corrected chi connectivity index (χ0v) is 21.3. The number of rotatable bonds is 9. The molecule has 0 spiro atoms. The number of benzene rings is 2. The van der Waals surface area contributed by atoms with Crippen molar-refractivity contribution in [2.45, 2.75) is 76.3 Å². The van der Waals surface area contributed by atoms with Crippen molar-refractivity contribution < 1.29 is 19.4 Å². The van der Waals surface area contributed by atoms with Gasteiger partial charge in [-0.05, 0) is 57.7 Å². The minimum absolute atomic E-state index is 0.129. The van der Waals surface area contributed by atoms with Gasteiger partial charge in [-0.15, -0.1) is 0 Å². The van der Waals surface area contributed by atoms with Gasteiger partial charge in [-0.1, -0.05) is 60.7 Å². The van der Waals surface area contributed by atoms with E-state index in [1.165, 1.54) is 0 Å². The van der Waals surface area contributed by atoms with E-state index in [-0.39, 0.29) is 18.6 Å². The van der Waals surface area contributed by atoms with Gasteiger partial charge in [-0.3, -0.25) is 9.69 Å². The second-order valence-corrected chi connectivity index (χ2v) is 10.1. The zero-order valence-electron chi connectivity index (χ0n) is 21.3.